The number of benzene rings is 1. The Balaban J connectivity index is 1.98. The van der Waals surface area contributed by atoms with Gasteiger partial charge in [-0.1, -0.05) is 12.1 Å². The molecule has 1 heterocycles. The molecule has 1 aromatic heterocycles. The van der Waals surface area contributed by atoms with Crippen LogP contribution in [0.4, 0.5) is 5.69 Å². The summed E-state index contributed by atoms with van der Waals surface area (Å²) in [5.74, 6) is 0. The highest BCUT2D eigenvalue weighted by molar-refractivity contribution is 7.09. The zero-order valence-electron chi connectivity index (χ0n) is 11.1. The van der Waals surface area contributed by atoms with E-state index in [1.54, 1.807) is 11.3 Å². The van der Waals surface area contributed by atoms with E-state index in [1.165, 1.54) is 5.56 Å². The molecular weight excluding hydrogens is 242 g/mol. The average Bonchev–Trinajstić information content (AvgIpc) is 2.69. The summed E-state index contributed by atoms with van der Waals surface area (Å²) >= 11 is 1.70. The van der Waals surface area contributed by atoms with Crippen molar-refractivity contribution in [2.45, 2.75) is 26.9 Å². The number of nitrogen functional groups attached to an aromatic ring is 1. The molecule has 0 amide bonds. The zero-order valence-corrected chi connectivity index (χ0v) is 11.9. The Morgan fingerprint density at radius 1 is 1.28 bits per heavy atom. The first-order valence-electron chi connectivity index (χ1n) is 5.99. The summed E-state index contributed by atoms with van der Waals surface area (Å²) < 4.78 is 0. The molecule has 4 heteroatoms. The second kappa shape index (κ2) is 5.50. The van der Waals surface area contributed by atoms with E-state index in [9.17, 15) is 0 Å². The Labute approximate surface area is 112 Å². The van der Waals surface area contributed by atoms with E-state index in [0.717, 1.165) is 35.0 Å². The quantitative estimate of drug-likeness (QED) is 0.860. The third-order valence-electron chi connectivity index (χ3n) is 2.89. The summed E-state index contributed by atoms with van der Waals surface area (Å²) in [4.78, 5) is 6.72. The molecule has 0 spiro atoms. The van der Waals surface area contributed by atoms with Gasteiger partial charge in [0.25, 0.3) is 0 Å². The summed E-state index contributed by atoms with van der Waals surface area (Å²) in [6, 6.07) is 6.26. The van der Waals surface area contributed by atoms with Gasteiger partial charge in [-0.2, -0.15) is 0 Å². The number of anilines is 1. The Bertz CT molecular complexity index is 534. The molecule has 0 saturated heterocycles. The molecule has 0 aliphatic carbocycles. The van der Waals surface area contributed by atoms with E-state index in [0.29, 0.717) is 0 Å². The number of thiazole rings is 1. The van der Waals surface area contributed by atoms with E-state index in [1.807, 2.05) is 13.8 Å². The standard InChI is InChI=1S/C14H19N3S/c1-10-4-5-12(6-14(10)15)7-17(3)8-13-9-18-11(2)16-13/h4-6,9H,7-8,15H2,1-3H3. The second-order valence-electron chi connectivity index (χ2n) is 4.72. The Kier molecular flexibility index (Phi) is 3.99. The van der Waals surface area contributed by atoms with Gasteiger partial charge in [0.15, 0.2) is 0 Å². The van der Waals surface area contributed by atoms with Crippen LogP contribution in [0.1, 0.15) is 21.8 Å². The number of aryl methyl sites for hydroxylation is 2. The summed E-state index contributed by atoms with van der Waals surface area (Å²) in [6.07, 6.45) is 0. The van der Waals surface area contributed by atoms with Crippen molar-refractivity contribution < 1.29 is 0 Å². The highest BCUT2D eigenvalue weighted by Gasteiger charge is 2.05. The van der Waals surface area contributed by atoms with Gasteiger partial charge in [-0.15, -0.1) is 11.3 Å². The molecule has 0 unspecified atom stereocenters. The molecular formula is C14H19N3S. The van der Waals surface area contributed by atoms with Crippen LogP contribution in [-0.2, 0) is 13.1 Å². The number of nitrogens with zero attached hydrogens (tertiary/aromatic N) is 2. The summed E-state index contributed by atoms with van der Waals surface area (Å²) in [7, 11) is 2.10. The molecule has 96 valence electrons. The van der Waals surface area contributed by atoms with Crippen molar-refractivity contribution in [1.82, 2.24) is 9.88 Å². The van der Waals surface area contributed by atoms with Crippen LogP contribution >= 0.6 is 11.3 Å². The van der Waals surface area contributed by atoms with Crippen molar-refractivity contribution in [3.8, 4) is 0 Å². The summed E-state index contributed by atoms with van der Waals surface area (Å²) in [5.41, 5.74) is 10.3. The van der Waals surface area contributed by atoms with Gasteiger partial charge in [-0.3, -0.25) is 4.90 Å². The van der Waals surface area contributed by atoms with Crippen molar-refractivity contribution >= 4 is 17.0 Å². The molecule has 0 fully saturated rings. The lowest BCUT2D eigenvalue weighted by Crippen LogP contribution is -2.17. The highest BCUT2D eigenvalue weighted by Crippen LogP contribution is 2.15. The first-order chi connectivity index (χ1) is 8.54. The van der Waals surface area contributed by atoms with Crippen LogP contribution in [0.3, 0.4) is 0 Å². The molecule has 1 aromatic carbocycles. The van der Waals surface area contributed by atoms with Crippen molar-refractivity contribution in [1.29, 1.82) is 0 Å². The van der Waals surface area contributed by atoms with Crippen LogP contribution in [0.2, 0.25) is 0 Å². The van der Waals surface area contributed by atoms with E-state index >= 15 is 0 Å². The lowest BCUT2D eigenvalue weighted by atomic mass is 10.1. The van der Waals surface area contributed by atoms with Gasteiger partial charge < -0.3 is 5.73 Å². The van der Waals surface area contributed by atoms with Crippen molar-refractivity contribution in [2.24, 2.45) is 0 Å². The fourth-order valence-electron chi connectivity index (χ4n) is 1.91. The molecule has 3 nitrogen and oxygen atoms in total. The van der Waals surface area contributed by atoms with Gasteiger partial charge in [0.05, 0.1) is 10.7 Å². The van der Waals surface area contributed by atoms with Crippen molar-refractivity contribution in [3.63, 3.8) is 0 Å². The summed E-state index contributed by atoms with van der Waals surface area (Å²) in [6.45, 7) is 5.83. The van der Waals surface area contributed by atoms with Gasteiger partial charge in [0, 0.05) is 24.2 Å². The number of nitrogens with two attached hydrogens (primary N) is 1. The largest absolute Gasteiger partial charge is 0.399 e. The van der Waals surface area contributed by atoms with E-state index in [-0.39, 0.29) is 0 Å². The number of hydrogen-bond acceptors (Lipinski definition) is 4. The van der Waals surface area contributed by atoms with E-state index in [2.05, 4.69) is 40.5 Å². The predicted molar refractivity (Wildman–Crippen MR) is 77.6 cm³/mol. The topological polar surface area (TPSA) is 42.2 Å². The summed E-state index contributed by atoms with van der Waals surface area (Å²) in [5, 5.41) is 3.24. The molecule has 0 atom stereocenters. The minimum Gasteiger partial charge on any atom is -0.399 e. The SMILES string of the molecule is Cc1nc(CN(C)Cc2ccc(C)c(N)c2)cs1. The number of rotatable bonds is 4. The van der Waals surface area contributed by atoms with E-state index < -0.39 is 0 Å². The maximum Gasteiger partial charge on any atom is 0.0897 e. The molecule has 0 radical (unpaired) electrons. The Morgan fingerprint density at radius 3 is 2.67 bits per heavy atom. The van der Waals surface area contributed by atoms with Crippen molar-refractivity contribution in [3.05, 3.63) is 45.4 Å². The van der Waals surface area contributed by atoms with Crippen molar-refractivity contribution in [2.75, 3.05) is 12.8 Å². The highest BCUT2D eigenvalue weighted by atomic mass is 32.1. The maximum absolute atomic E-state index is 5.92. The van der Waals surface area contributed by atoms with Crippen LogP contribution in [0, 0.1) is 13.8 Å². The maximum atomic E-state index is 5.92. The lowest BCUT2D eigenvalue weighted by molar-refractivity contribution is 0.315. The molecule has 2 aromatic rings. The van der Waals surface area contributed by atoms with Gasteiger partial charge >= 0.3 is 0 Å². The third kappa shape index (κ3) is 3.31. The molecule has 18 heavy (non-hydrogen) atoms. The first kappa shape index (κ1) is 13.1. The second-order valence-corrected chi connectivity index (χ2v) is 5.78. The minimum absolute atomic E-state index is 0.866. The van der Waals surface area contributed by atoms with Gasteiger partial charge in [0.1, 0.15) is 0 Å². The Hall–Kier alpha value is -1.39. The smallest absolute Gasteiger partial charge is 0.0897 e. The number of aromatic nitrogens is 1. The molecule has 0 aliphatic heterocycles. The average molecular weight is 261 g/mol. The number of hydrogen-bond donors (Lipinski definition) is 1. The zero-order chi connectivity index (χ0) is 13.1. The molecule has 2 rings (SSSR count). The van der Waals surface area contributed by atoms with Crippen LogP contribution in [0.25, 0.3) is 0 Å². The van der Waals surface area contributed by atoms with Crippen LogP contribution in [-0.4, -0.2) is 16.9 Å². The predicted octanol–water partition coefficient (Wildman–Crippen LogP) is 2.97. The minimum atomic E-state index is 0.866. The molecule has 2 N–H and O–H groups in total. The van der Waals surface area contributed by atoms with E-state index in [4.69, 9.17) is 5.73 Å². The Morgan fingerprint density at radius 2 is 2.06 bits per heavy atom. The lowest BCUT2D eigenvalue weighted by Gasteiger charge is -2.16. The monoisotopic (exact) mass is 261 g/mol. The van der Waals surface area contributed by atoms with Gasteiger partial charge in [-0.05, 0) is 38.1 Å². The molecule has 0 bridgehead atoms. The normalized spacial score (nSPS) is 11.1. The van der Waals surface area contributed by atoms with Crippen LogP contribution < -0.4 is 5.73 Å². The van der Waals surface area contributed by atoms with Gasteiger partial charge in [-0.25, -0.2) is 4.98 Å². The van der Waals surface area contributed by atoms with Crippen LogP contribution in [0.5, 0.6) is 0 Å². The van der Waals surface area contributed by atoms with Crippen LogP contribution in [0.15, 0.2) is 23.6 Å². The fourth-order valence-corrected chi connectivity index (χ4v) is 2.52. The third-order valence-corrected chi connectivity index (χ3v) is 3.72. The fraction of sp³-hybridized carbons (Fsp3) is 0.357. The molecule has 0 aliphatic rings. The first-order valence-corrected chi connectivity index (χ1v) is 6.87. The molecule has 0 saturated carbocycles. The van der Waals surface area contributed by atoms with Gasteiger partial charge in [0.2, 0.25) is 0 Å².